The predicted octanol–water partition coefficient (Wildman–Crippen LogP) is 3.26. The summed E-state index contributed by atoms with van der Waals surface area (Å²) in [5.41, 5.74) is 1.91. The molecule has 190 valence electrons. The van der Waals surface area contributed by atoms with Gasteiger partial charge in [0.2, 0.25) is 5.78 Å². The largest absolute Gasteiger partial charge is 0.396 e. The Bertz CT molecular complexity index is 1030. The molecule has 1 saturated carbocycles. The van der Waals surface area contributed by atoms with Gasteiger partial charge in [0.15, 0.2) is 5.79 Å². The molecular weight excluding hydrogens is 446 g/mol. The Morgan fingerprint density at radius 2 is 1.83 bits per heavy atom. The lowest BCUT2D eigenvalue weighted by molar-refractivity contribution is -0.127. The predicted molar refractivity (Wildman–Crippen MR) is 135 cm³/mol. The Balaban J connectivity index is 0.000000551. The number of aromatic nitrogens is 4. The topological polar surface area (TPSA) is 133 Å². The molecule has 2 heterocycles. The minimum absolute atomic E-state index is 0.201. The summed E-state index contributed by atoms with van der Waals surface area (Å²) in [6, 6.07) is 11.9. The molecule has 0 amide bonds. The molecule has 4 N–H and O–H groups in total. The maximum absolute atomic E-state index is 13.0. The van der Waals surface area contributed by atoms with Crippen LogP contribution in [0, 0.1) is 5.92 Å². The number of carbonyl (C=O) groups is 1. The van der Waals surface area contributed by atoms with Crippen molar-refractivity contribution in [2.45, 2.75) is 65.3 Å². The van der Waals surface area contributed by atoms with E-state index in [0.29, 0.717) is 29.5 Å². The van der Waals surface area contributed by atoms with Crippen LogP contribution in [-0.2, 0) is 6.54 Å². The zero-order chi connectivity index (χ0) is 25.8. The smallest absolute Gasteiger partial charge is 0.218 e. The lowest BCUT2D eigenvalue weighted by Gasteiger charge is -2.15. The maximum Gasteiger partial charge on any atom is 0.218 e. The summed E-state index contributed by atoms with van der Waals surface area (Å²) in [6.45, 7) is 7.40. The van der Waals surface area contributed by atoms with Gasteiger partial charge in [-0.15, -0.1) is 0 Å². The molecule has 1 aromatic carbocycles. The van der Waals surface area contributed by atoms with E-state index in [0.717, 1.165) is 24.8 Å². The van der Waals surface area contributed by atoms with Gasteiger partial charge in [-0.25, -0.2) is 9.97 Å². The van der Waals surface area contributed by atoms with Crippen molar-refractivity contribution >= 4 is 11.6 Å². The van der Waals surface area contributed by atoms with Crippen molar-refractivity contribution in [2.75, 3.05) is 11.9 Å². The number of carbonyl (C=O) groups excluding carboxylic acids is 1. The maximum atomic E-state index is 13.0. The molecule has 9 heteroatoms. The number of aliphatic hydroxyl groups excluding tert-OH is 1. The van der Waals surface area contributed by atoms with E-state index in [1.165, 1.54) is 26.4 Å². The van der Waals surface area contributed by atoms with Gasteiger partial charge in [-0.05, 0) is 50.7 Å². The number of anilines is 1. The van der Waals surface area contributed by atoms with Gasteiger partial charge in [0, 0.05) is 25.0 Å². The van der Waals surface area contributed by atoms with Crippen molar-refractivity contribution in [3.8, 4) is 0 Å². The molecule has 1 aliphatic rings. The van der Waals surface area contributed by atoms with Crippen LogP contribution in [0.1, 0.15) is 68.6 Å². The van der Waals surface area contributed by atoms with Gasteiger partial charge in [0.25, 0.3) is 0 Å². The number of benzene rings is 1. The van der Waals surface area contributed by atoms with Gasteiger partial charge in [-0.1, -0.05) is 44.2 Å². The van der Waals surface area contributed by atoms with E-state index in [-0.39, 0.29) is 18.4 Å². The molecule has 2 unspecified atom stereocenters. The van der Waals surface area contributed by atoms with Crippen LogP contribution in [0.15, 0.2) is 55.1 Å². The first-order valence-corrected chi connectivity index (χ1v) is 12.0. The molecule has 0 radical (unpaired) electrons. The molecule has 3 aromatic rings. The number of hydrogen-bond donors (Lipinski definition) is 4. The zero-order valence-corrected chi connectivity index (χ0v) is 20.9. The monoisotopic (exact) mass is 483 g/mol. The van der Waals surface area contributed by atoms with Crippen molar-refractivity contribution in [1.82, 2.24) is 19.7 Å². The van der Waals surface area contributed by atoms with Gasteiger partial charge in [-0.2, -0.15) is 5.10 Å². The summed E-state index contributed by atoms with van der Waals surface area (Å²) in [7, 11) is 0. The second-order valence-corrected chi connectivity index (χ2v) is 8.70. The molecule has 2 aromatic heterocycles. The Morgan fingerprint density at radius 3 is 2.46 bits per heavy atom. The van der Waals surface area contributed by atoms with Crippen molar-refractivity contribution < 1.29 is 20.1 Å². The quantitative estimate of drug-likeness (QED) is 0.297. The summed E-state index contributed by atoms with van der Waals surface area (Å²) >= 11 is 0. The third-order valence-electron chi connectivity index (χ3n) is 5.16. The average molecular weight is 484 g/mol. The van der Waals surface area contributed by atoms with Crippen LogP contribution >= 0.6 is 0 Å². The normalized spacial score (nSPS) is 17.0. The highest BCUT2D eigenvalue weighted by molar-refractivity contribution is 6.10. The third kappa shape index (κ3) is 9.56. The lowest BCUT2D eigenvalue weighted by atomic mass is 10.1. The highest BCUT2D eigenvalue weighted by Gasteiger charge is 2.26. The molecule has 2 atom stereocenters. The molecule has 0 bridgehead atoms. The van der Waals surface area contributed by atoms with Crippen molar-refractivity contribution in [3.05, 3.63) is 71.9 Å². The standard InChI is InChI=1S/C21H23N5O2.C3H8O2.C2H6/c27-13-16-6-7-17(10-16)24-21-18(11-22-14-23-21)20(28)19-8-9-26(25-19)12-15-4-2-1-3-5-15;1-3(2,4)5;1-2/h1-5,8-9,11,14,16-17,27H,6-7,10,12-13H2,(H,22,23,24);4-5H,1-2H3;1-2H3. The number of aliphatic hydroxyl groups is 3. The van der Waals surface area contributed by atoms with Gasteiger partial charge >= 0.3 is 0 Å². The SMILES string of the molecule is CC.CC(C)(O)O.O=C(c1ccn(Cc2ccccc2)n1)c1cncnc1NC1CCC(CO)C1. The molecule has 0 spiro atoms. The van der Waals surface area contributed by atoms with Gasteiger partial charge < -0.3 is 20.6 Å². The first kappa shape index (κ1) is 28.1. The summed E-state index contributed by atoms with van der Waals surface area (Å²) in [6.07, 6.45) is 7.58. The van der Waals surface area contributed by atoms with Crippen LogP contribution in [0.5, 0.6) is 0 Å². The highest BCUT2D eigenvalue weighted by atomic mass is 16.5. The lowest BCUT2D eigenvalue weighted by Crippen LogP contribution is -2.20. The van der Waals surface area contributed by atoms with E-state index >= 15 is 0 Å². The minimum Gasteiger partial charge on any atom is -0.396 e. The van der Waals surface area contributed by atoms with Gasteiger partial charge in [0.05, 0.1) is 12.1 Å². The van der Waals surface area contributed by atoms with Gasteiger partial charge in [0.1, 0.15) is 17.8 Å². The average Bonchev–Trinajstić information content (AvgIpc) is 3.49. The van der Waals surface area contributed by atoms with Crippen LogP contribution in [0.3, 0.4) is 0 Å². The van der Waals surface area contributed by atoms with Crippen LogP contribution in [0.25, 0.3) is 0 Å². The van der Waals surface area contributed by atoms with E-state index in [9.17, 15) is 9.90 Å². The Morgan fingerprint density at radius 1 is 1.14 bits per heavy atom. The Kier molecular flexibility index (Phi) is 11.0. The Hall–Kier alpha value is -3.14. The Labute approximate surface area is 206 Å². The number of nitrogens with zero attached hydrogens (tertiary/aromatic N) is 4. The van der Waals surface area contributed by atoms with E-state index in [1.807, 2.05) is 44.2 Å². The van der Waals surface area contributed by atoms with E-state index in [1.54, 1.807) is 16.9 Å². The molecule has 0 aliphatic heterocycles. The summed E-state index contributed by atoms with van der Waals surface area (Å²) < 4.78 is 1.75. The molecule has 1 fully saturated rings. The third-order valence-corrected chi connectivity index (χ3v) is 5.16. The minimum atomic E-state index is -1.50. The molecule has 0 saturated heterocycles. The fraction of sp³-hybridized carbons (Fsp3) is 0.462. The molecule has 9 nitrogen and oxygen atoms in total. The molecule has 35 heavy (non-hydrogen) atoms. The summed E-state index contributed by atoms with van der Waals surface area (Å²) in [4.78, 5) is 21.3. The fourth-order valence-corrected chi connectivity index (χ4v) is 3.66. The van der Waals surface area contributed by atoms with Crippen LogP contribution in [0.4, 0.5) is 5.82 Å². The van der Waals surface area contributed by atoms with Crippen molar-refractivity contribution in [3.63, 3.8) is 0 Å². The van der Waals surface area contributed by atoms with Crippen LogP contribution < -0.4 is 5.32 Å². The second kappa shape index (κ2) is 13.7. The second-order valence-electron chi connectivity index (χ2n) is 8.70. The first-order chi connectivity index (χ1) is 16.7. The van der Waals surface area contributed by atoms with E-state index in [4.69, 9.17) is 10.2 Å². The van der Waals surface area contributed by atoms with E-state index < -0.39 is 5.79 Å². The number of nitrogens with one attached hydrogen (secondary N) is 1. The molecule has 1 aliphatic carbocycles. The highest BCUT2D eigenvalue weighted by Crippen LogP contribution is 2.28. The van der Waals surface area contributed by atoms with Crippen molar-refractivity contribution in [2.24, 2.45) is 5.92 Å². The number of rotatable bonds is 7. The van der Waals surface area contributed by atoms with E-state index in [2.05, 4.69) is 20.4 Å². The molecular formula is C26H37N5O4. The fourth-order valence-electron chi connectivity index (χ4n) is 3.66. The summed E-state index contributed by atoms with van der Waals surface area (Å²) in [5, 5.41) is 33.3. The van der Waals surface area contributed by atoms with Crippen LogP contribution in [-0.4, -0.2) is 59.3 Å². The van der Waals surface area contributed by atoms with Crippen LogP contribution in [0.2, 0.25) is 0 Å². The zero-order valence-electron chi connectivity index (χ0n) is 20.9. The van der Waals surface area contributed by atoms with Gasteiger partial charge in [-0.3, -0.25) is 9.48 Å². The van der Waals surface area contributed by atoms with Crippen molar-refractivity contribution in [1.29, 1.82) is 0 Å². The molecule has 4 rings (SSSR count). The first-order valence-electron chi connectivity index (χ1n) is 12.0. The number of hydrogen-bond acceptors (Lipinski definition) is 8. The number of ketones is 1. The summed E-state index contributed by atoms with van der Waals surface area (Å²) in [5.74, 6) is -0.861.